The number of hydrogen-bond acceptors (Lipinski definition) is 3. The lowest BCUT2D eigenvalue weighted by atomic mass is 10.1. The van der Waals surface area contributed by atoms with Crippen LogP contribution in [0.25, 0.3) is 0 Å². The Balaban J connectivity index is 2.09. The summed E-state index contributed by atoms with van der Waals surface area (Å²) in [5, 5.41) is 6.82. The van der Waals surface area contributed by atoms with Crippen LogP contribution in [0.2, 0.25) is 0 Å². The quantitative estimate of drug-likeness (QED) is 0.523. The molecule has 1 rings (SSSR count). The zero-order valence-electron chi connectivity index (χ0n) is 11.3. The van der Waals surface area contributed by atoms with E-state index in [1.165, 1.54) is 14.7 Å². The Labute approximate surface area is 124 Å². The number of halogens is 1. The predicted octanol–water partition coefficient (Wildman–Crippen LogP) is 2.32. The van der Waals surface area contributed by atoms with Crippen LogP contribution in [0.5, 0.6) is 0 Å². The second kappa shape index (κ2) is 9.72. The van der Waals surface area contributed by atoms with Gasteiger partial charge >= 0.3 is 0 Å². The average molecular weight is 362 g/mol. The summed E-state index contributed by atoms with van der Waals surface area (Å²) in [5.74, 6) is 0. The standard InChI is InChI=1S/C14H23IN2O/c1-12-5-3-6-13(14(12)15)11-17-8-4-7-16-9-10-18-2/h3,5-6,16-17H,4,7-11H2,1-2H3. The van der Waals surface area contributed by atoms with E-state index in [1.54, 1.807) is 7.11 Å². The first kappa shape index (κ1) is 15.9. The van der Waals surface area contributed by atoms with Crippen molar-refractivity contribution in [2.75, 3.05) is 33.4 Å². The number of aryl methyl sites for hydroxylation is 1. The summed E-state index contributed by atoms with van der Waals surface area (Å²) in [6.45, 7) is 6.93. The highest BCUT2D eigenvalue weighted by atomic mass is 127. The highest BCUT2D eigenvalue weighted by molar-refractivity contribution is 14.1. The Hall–Kier alpha value is -0.170. The molecule has 2 N–H and O–H groups in total. The Bertz CT molecular complexity index is 345. The Morgan fingerprint density at radius 1 is 1.17 bits per heavy atom. The second-order valence-corrected chi connectivity index (χ2v) is 5.40. The maximum atomic E-state index is 4.97. The number of nitrogens with one attached hydrogen (secondary N) is 2. The Morgan fingerprint density at radius 2 is 1.94 bits per heavy atom. The minimum atomic E-state index is 0.787. The maximum absolute atomic E-state index is 4.97. The molecule has 3 nitrogen and oxygen atoms in total. The third-order valence-electron chi connectivity index (χ3n) is 2.78. The van der Waals surface area contributed by atoms with Crippen molar-refractivity contribution >= 4 is 22.6 Å². The third-order valence-corrected chi connectivity index (χ3v) is 4.32. The summed E-state index contributed by atoms with van der Waals surface area (Å²) in [6, 6.07) is 6.48. The number of benzene rings is 1. The van der Waals surface area contributed by atoms with E-state index in [9.17, 15) is 0 Å². The van der Waals surface area contributed by atoms with Crippen LogP contribution >= 0.6 is 22.6 Å². The molecule has 0 radical (unpaired) electrons. The topological polar surface area (TPSA) is 33.3 Å². The van der Waals surface area contributed by atoms with Crippen molar-refractivity contribution in [2.45, 2.75) is 19.9 Å². The van der Waals surface area contributed by atoms with Crippen molar-refractivity contribution in [3.05, 3.63) is 32.9 Å². The van der Waals surface area contributed by atoms with Crippen molar-refractivity contribution in [3.63, 3.8) is 0 Å². The summed E-state index contributed by atoms with van der Waals surface area (Å²) in [6.07, 6.45) is 1.14. The van der Waals surface area contributed by atoms with Gasteiger partial charge in [-0.1, -0.05) is 18.2 Å². The van der Waals surface area contributed by atoms with Gasteiger partial charge in [0.1, 0.15) is 0 Å². The minimum absolute atomic E-state index is 0.787. The SMILES string of the molecule is COCCNCCCNCc1cccc(C)c1I. The Morgan fingerprint density at radius 3 is 2.72 bits per heavy atom. The molecule has 0 atom stereocenters. The van der Waals surface area contributed by atoms with Crippen LogP contribution in [0.4, 0.5) is 0 Å². The first-order valence-electron chi connectivity index (χ1n) is 6.40. The van der Waals surface area contributed by atoms with Gasteiger partial charge in [-0.05, 0) is 60.2 Å². The van der Waals surface area contributed by atoms with E-state index in [-0.39, 0.29) is 0 Å². The van der Waals surface area contributed by atoms with E-state index in [2.05, 4.69) is 58.3 Å². The van der Waals surface area contributed by atoms with Crippen LogP contribution in [0, 0.1) is 10.5 Å². The molecular formula is C14H23IN2O. The smallest absolute Gasteiger partial charge is 0.0587 e. The van der Waals surface area contributed by atoms with Gasteiger partial charge in [0, 0.05) is 23.8 Å². The molecule has 0 heterocycles. The fraction of sp³-hybridized carbons (Fsp3) is 0.571. The molecule has 4 heteroatoms. The molecule has 0 fully saturated rings. The molecule has 102 valence electrons. The van der Waals surface area contributed by atoms with Crippen molar-refractivity contribution in [2.24, 2.45) is 0 Å². The molecule has 0 unspecified atom stereocenters. The molecule has 0 spiro atoms. The van der Waals surface area contributed by atoms with Crippen LogP contribution in [0.1, 0.15) is 17.5 Å². The summed E-state index contributed by atoms with van der Waals surface area (Å²) in [7, 11) is 1.73. The van der Waals surface area contributed by atoms with Crippen LogP contribution in [-0.2, 0) is 11.3 Å². The molecule has 18 heavy (non-hydrogen) atoms. The summed E-state index contributed by atoms with van der Waals surface area (Å²) in [4.78, 5) is 0. The van der Waals surface area contributed by atoms with E-state index in [1.807, 2.05) is 0 Å². The van der Waals surface area contributed by atoms with E-state index in [4.69, 9.17) is 4.74 Å². The zero-order valence-corrected chi connectivity index (χ0v) is 13.4. The molecule has 0 saturated carbocycles. The maximum Gasteiger partial charge on any atom is 0.0587 e. The van der Waals surface area contributed by atoms with Gasteiger partial charge in [0.2, 0.25) is 0 Å². The van der Waals surface area contributed by atoms with Crippen LogP contribution in [-0.4, -0.2) is 33.4 Å². The Kier molecular flexibility index (Phi) is 8.58. The molecule has 0 aliphatic heterocycles. The van der Waals surface area contributed by atoms with Gasteiger partial charge in [-0.2, -0.15) is 0 Å². The van der Waals surface area contributed by atoms with E-state index in [0.717, 1.165) is 39.2 Å². The number of rotatable bonds is 9. The first-order chi connectivity index (χ1) is 8.75. The lowest BCUT2D eigenvalue weighted by molar-refractivity contribution is 0.199. The summed E-state index contributed by atoms with van der Waals surface area (Å²) < 4.78 is 6.35. The lowest BCUT2D eigenvalue weighted by Crippen LogP contribution is -2.24. The molecule has 0 aliphatic rings. The molecule has 0 aromatic heterocycles. The number of hydrogen-bond donors (Lipinski definition) is 2. The average Bonchev–Trinajstić information content (AvgIpc) is 2.37. The van der Waals surface area contributed by atoms with Gasteiger partial charge in [0.25, 0.3) is 0 Å². The molecule has 0 bridgehead atoms. The van der Waals surface area contributed by atoms with Crippen LogP contribution in [0.15, 0.2) is 18.2 Å². The molecule has 1 aromatic carbocycles. The minimum Gasteiger partial charge on any atom is -0.383 e. The summed E-state index contributed by atoms with van der Waals surface area (Å²) in [5.41, 5.74) is 2.75. The van der Waals surface area contributed by atoms with Gasteiger partial charge in [-0.3, -0.25) is 0 Å². The van der Waals surface area contributed by atoms with Gasteiger partial charge in [-0.15, -0.1) is 0 Å². The molecule has 1 aromatic rings. The fourth-order valence-electron chi connectivity index (χ4n) is 1.71. The predicted molar refractivity (Wildman–Crippen MR) is 85.0 cm³/mol. The molecule has 0 aliphatic carbocycles. The van der Waals surface area contributed by atoms with Gasteiger partial charge in [0.15, 0.2) is 0 Å². The van der Waals surface area contributed by atoms with Crippen molar-refractivity contribution in [3.8, 4) is 0 Å². The van der Waals surface area contributed by atoms with Crippen molar-refractivity contribution in [1.29, 1.82) is 0 Å². The third kappa shape index (κ3) is 6.13. The highest BCUT2D eigenvalue weighted by Crippen LogP contribution is 2.16. The second-order valence-electron chi connectivity index (χ2n) is 4.32. The van der Waals surface area contributed by atoms with Crippen molar-refractivity contribution < 1.29 is 4.74 Å². The molecule has 0 amide bonds. The van der Waals surface area contributed by atoms with Crippen molar-refractivity contribution in [1.82, 2.24) is 10.6 Å². The van der Waals surface area contributed by atoms with Crippen LogP contribution < -0.4 is 10.6 Å². The largest absolute Gasteiger partial charge is 0.383 e. The van der Waals surface area contributed by atoms with Gasteiger partial charge in [0.05, 0.1) is 6.61 Å². The fourth-order valence-corrected chi connectivity index (χ4v) is 2.26. The lowest BCUT2D eigenvalue weighted by Gasteiger charge is -2.09. The monoisotopic (exact) mass is 362 g/mol. The molecular weight excluding hydrogens is 339 g/mol. The summed E-state index contributed by atoms with van der Waals surface area (Å²) >= 11 is 2.42. The van der Waals surface area contributed by atoms with Gasteiger partial charge in [-0.25, -0.2) is 0 Å². The number of ether oxygens (including phenoxy) is 1. The highest BCUT2D eigenvalue weighted by Gasteiger charge is 2.00. The van der Waals surface area contributed by atoms with Crippen LogP contribution in [0.3, 0.4) is 0 Å². The zero-order chi connectivity index (χ0) is 13.2. The van der Waals surface area contributed by atoms with E-state index in [0.29, 0.717) is 0 Å². The first-order valence-corrected chi connectivity index (χ1v) is 7.48. The van der Waals surface area contributed by atoms with E-state index < -0.39 is 0 Å². The van der Waals surface area contributed by atoms with Gasteiger partial charge < -0.3 is 15.4 Å². The normalized spacial score (nSPS) is 10.8. The number of methoxy groups -OCH3 is 1. The molecule has 0 saturated heterocycles. The van der Waals surface area contributed by atoms with E-state index >= 15 is 0 Å².